The van der Waals surface area contributed by atoms with Crippen LogP contribution in [-0.2, 0) is 33.6 Å². The van der Waals surface area contributed by atoms with Crippen molar-refractivity contribution in [3.05, 3.63) is 0 Å². The molecule has 0 aliphatic carbocycles. The first-order valence-corrected chi connectivity index (χ1v) is 0. The molecule has 0 aromatic carbocycles. The Labute approximate surface area is 67.1 Å². The average Bonchev–Trinajstić information content (AvgIpc) is 0. The monoisotopic (exact) mass is 179 g/mol. The van der Waals surface area contributed by atoms with E-state index in [0.717, 1.165) is 0 Å². The predicted molar refractivity (Wildman–Crippen MR) is 19.9 cm³/mol. The smallest absolute Gasteiger partial charge is 0.0149 e. The fourth-order valence-corrected chi connectivity index (χ4v) is 0. The molecule has 0 nitrogen and oxygen atoms in total. The molecule has 0 rings (SSSR count). The van der Waals surface area contributed by atoms with Gasteiger partial charge in [0.05, 0.1) is 0 Å². The fourth-order valence-electron chi connectivity index (χ4n) is 0. The second-order valence-electron chi connectivity index (χ2n) is 0. The van der Waals surface area contributed by atoms with Crippen molar-refractivity contribution >= 4 is 34.0 Å². The standard InChI is InChI=1S/Cu.Mg.Ni.H4Si.2H/h;;;1H4;;. The summed E-state index contributed by atoms with van der Waals surface area (Å²) >= 11 is 0. The van der Waals surface area contributed by atoms with Crippen molar-refractivity contribution in [1.29, 1.82) is 0 Å². The molecule has 0 N–H and O–H groups in total. The van der Waals surface area contributed by atoms with Crippen LogP contribution in [0.2, 0.25) is 0 Å². The van der Waals surface area contributed by atoms with Gasteiger partial charge in [0.2, 0.25) is 0 Å². The molecule has 0 aromatic heterocycles. The van der Waals surface area contributed by atoms with Gasteiger partial charge in [0.25, 0.3) is 0 Å². The van der Waals surface area contributed by atoms with Crippen LogP contribution >= 0.6 is 0 Å². The van der Waals surface area contributed by atoms with Crippen molar-refractivity contribution in [2.24, 2.45) is 0 Å². The van der Waals surface area contributed by atoms with E-state index in [1.54, 1.807) is 0 Å². The maximum absolute atomic E-state index is 0. The minimum atomic E-state index is 0. The second kappa shape index (κ2) is 20.0. The molecule has 4 heteroatoms. The molecule has 0 saturated carbocycles. The number of hydrogen-bond donors (Lipinski definition) is 0. The van der Waals surface area contributed by atoms with Gasteiger partial charge < -0.3 is 0 Å². The van der Waals surface area contributed by atoms with Gasteiger partial charge in [-0.15, -0.1) is 0 Å². The number of rotatable bonds is 0. The molecule has 0 amide bonds. The Bertz CT molecular complexity index is 8.00. The third kappa shape index (κ3) is 9.00. The molecule has 0 atom stereocenters. The van der Waals surface area contributed by atoms with Crippen LogP contribution < -0.4 is 0 Å². The summed E-state index contributed by atoms with van der Waals surface area (Å²) in [7, 11) is 0. The molecule has 33 valence electrons. The summed E-state index contributed by atoms with van der Waals surface area (Å²) in [5.41, 5.74) is 0. The van der Waals surface area contributed by atoms with Gasteiger partial charge in [0, 0.05) is 33.6 Å². The zero-order valence-electron chi connectivity index (χ0n) is 0.618. The maximum atomic E-state index is 0. The summed E-state index contributed by atoms with van der Waals surface area (Å²) in [6, 6.07) is 0. The molecule has 1 radical (unpaired) electrons. The summed E-state index contributed by atoms with van der Waals surface area (Å²) in [6.45, 7) is 0. The van der Waals surface area contributed by atoms with Crippen molar-refractivity contribution in [3.8, 4) is 0 Å². The zero-order chi connectivity index (χ0) is 0. The van der Waals surface area contributed by atoms with Gasteiger partial charge in [-0.2, -0.15) is 0 Å². The van der Waals surface area contributed by atoms with Crippen LogP contribution in [0.25, 0.3) is 0 Å². The molecule has 0 heterocycles. The van der Waals surface area contributed by atoms with Crippen LogP contribution in [0.1, 0.15) is 0 Å². The average molecular weight is 181 g/mol. The summed E-state index contributed by atoms with van der Waals surface area (Å²) in [6.07, 6.45) is 0. The molecule has 0 fully saturated rings. The molecule has 0 spiro atoms. The molecule has 0 aliphatic rings. The second-order valence-corrected chi connectivity index (χ2v) is 0. The molecule has 0 unspecified atom stereocenters. The topological polar surface area (TPSA) is 0 Å². The van der Waals surface area contributed by atoms with Crippen LogP contribution in [-0.4, -0.2) is 34.0 Å². The minimum absolute atomic E-state index is 0. The SMILES string of the molecule is [Cu].[MgH2].[Ni].[SiH4]. The van der Waals surface area contributed by atoms with Crippen molar-refractivity contribution in [3.63, 3.8) is 0 Å². The van der Waals surface area contributed by atoms with E-state index in [4.69, 9.17) is 0 Å². The van der Waals surface area contributed by atoms with Gasteiger partial charge in [0.1, 0.15) is 0 Å². The Morgan fingerprint density at radius 1 is 1.00 bits per heavy atom. The van der Waals surface area contributed by atoms with Gasteiger partial charge in [0.15, 0.2) is 0 Å². The van der Waals surface area contributed by atoms with Crippen molar-refractivity contribution < 1.29 is 33.6 Å². The van der Waals surface area contributed by atoms with Crippen molar-refractivity contribution in [1.82, 2.24) is 0 Å². The van der Waals surface area contributed by atoms with Crippen LogP contribution in [0.5, 0.6) is 0 Å². The Morgan fingerprint density at radius 2 is 1.00 bits per heavy atom. The molecular weight excluding hydrogens is 175 g/mol. The van der Waals surface area contributed by atoms with E-state index in [2.05, 4.69) is 0 Å². The van der Waals surface area contributed by atoms with Crippen LogP contribution in [0.4, 0.5) is 0 Å². The maximum Gasteiger partial charge on any atom is 0.316 e. The third-order valence-corrected chi connectivity index (χ3v) is 0. The Kier molecular flexibility index (Phi) is 188. The van der Waals surface area contributed by atoms with E-state index in [-0.39, 0.29) is 67.6 Å². The predicted octanol–water partition coefficient (Wildman–Crippen LogP) is -2.37. The molecule has 0 aliphatic heterocycles. The van der Waals surface area contributed by atoms with E-state index in [1.165, 1.54) is 0 Å². The molecule has 0 aromatic rings. The minimum Gasteiger partial charge on any atom is -0.0149 e. The van der Waals surface area contributed by atoms with Crippen LogP contribution in [0.3, 0.4) is 0 Å². The summed E-state index contributed by atoms with van der Waals surface area (Å²) in [4.78, 5) is 0. The molecular formula is H6CuMgNiSi. The van der Waals surface area contributed by atoms with Gasteiger partial charge in [-0.05, 0) is 11.0 Å². The first kappa shape index (κ1) is 37.6. The summed E-state index contributed by atoms with van der Waals surface area (Å²) in [5.74, 6) is 0. The molecule has 0 bridgehead atoms. The Morgan fingerprint density at radius 3 is 1.00 bits per heavy atom. The molecule has 4 heavy (non-hydrogen) atoms. The fraction of sp³-hybridized carbons (Fsp3) is 0. The third-order valence-electron chi connectivity index (χ3n) is 0. The quantitative estimate of drug-likeness (QED) is 0.366. The molecule has 0 saturated heterocycles. The van der Waals surface area contributed by atoms with Crippen molar-refractivity contribution in [2.45, 2.75) is 0 Å². The zero-order valence-corrected chi connectivity index (χ0v) is 2.55. The Hall–Kier alpha value is 2.00. The first-order valence-electron chi connectivity index (χ1n) is 0. The van der Waals surface area contributed by atoms with E-state index >= 15 is 0 Å². The largest absolute Gasteiger partial charge is 0.316 e. The van der Waals surface area contributed by atoms with E-state index in [1.807, 2.05) is 0 Å². The normalized spacial score (nSPS) is 0. The first-order chi connectivity index (χ1) is 0. The van der Waals surface area contributed by atoms with E-state index in [9.17, 15) is 0 Å². The van der Waals surface area contributed by atoms with Crippen molar-refractivity contribution in [2.75, 3.05) is 0 Å². The van der Waals surface area contributed by atoms with Gasteiger partial charge >= 0.3 is 23.1 Å². The summed E-state index contributed by atoms with van der Waals surface area (Å²) < 4.78 is 0. The summed E-state index contributed by atoms with van der Waals surface area (Å²) in [5, 5.41) is 0. The van der Waals surface area contributed by atoms with E-state index in [0.29, 0.717) is 0 Å². The van der Waals surface area contributed by atoms with Crippen LogP contribution in [0.15, 0.2) is 0 Å². The Balaban J connectivity index is 0. The van der Waals surface area contributed by atoms with E-state index < -0.39 is 0 Å². The van der Waals surface area contributed by atoms with Gasteiger partial charge in [-0.25, -0.2) is 0 Å². The van der Waals surface area contributed by atoms with Gasteiger partial charge in [-0.1, -0.05) is 0 Å². The van der Waals surface area contributed by atoms with Gasteiger partial charge in [-0.3, -0.25) is 0 Å². The van der Waals surface area contributed by atoms with Crippen LogP contribution in [0, 0.1) is 0 Å². The number of hydrogen-bond acceptors (Lipinski definition) is 0.